The Kier molecular flexibility index (Phi) is 8.38. The number of piperazine rings is 1. The molecule has 1 aliphatic carbocycles. The number of aromatic amines is 1. The molecule has 5 heterocycles. The van der Waals surface area contributed by atoms with E-state index < -0.39 is 18.1 Å². The lowest BCUT2D eigenvalue weighted by Gasteiger charge is -2.45. The van der Waals surface area contributed by atoms with E-state index in [9.17, 15) is 18.4 Å². The first-order chi connectivity index (χ1) is 21.1. The molecule has 4 aromatic heterocycles. The quantitative estimate of drug-likeness (QED) is 0.302. The van der Waals surface area contributed by atoms with Crippen LogP contribution in [0.3, 0.4) is 0 Å². The number of fused-ring (bicyclic) bond motifs is 1. The number of halogens is 3. The minimum Gasteiger partial charge on any atom is -0.334 e. The van der Waals surface area contributed by atoms with E-state index >= 15 is 0 Å². The molecule has 1 aliphatic heterocycles. The van der Waals surface area contributed by atoms with Crippen molar-refractivity contribution in [2.24, 2.45) is 11.8 Å². The average molecular weight is 630 g/mol. The summed E-state index contributed by atoms with van der Waals surface area (Å²) in [6.07, 6.45) is 4.59. The normalized spacial score (nSPS) is 23.0. The third kappa shape index (κ3) is 6.05. The SMILES string of the molecule is CC1CCC(Cn2c(N3[C@H](C)CN(NC(=O)C(F)F)C[C@H]3C)nc3cc(-c4noc(=O)[nH]4)nc(-c4cncc(Cl)c4)c32)CC1. The van der Waals surface area contributed by atoms with Crippen LogP contribution in [-0.2, 0) is 11.3 Å². The van der Waals surface area contributed by atoms with E-state index in [1.807, 2.05) is 13.8 Å². The van der Waals surface area contributed by atoms with Gasteiger partial charge in [-0.3, -0.25) is 24.7 Å². The molecule has 2 aliphatic rings. The highest BCUT2D eigenvalue weighted by Crippen LogP contribution is 2.38. The summed E-state index contributed by atoms with van der Waals surface area (Å²) in [5.41, 5.74) is 5.35. The predicted octanol–water partition coefficient (Wildman–Crippen LogP) is 4.51. The summed E-state index contributed by atoms with van der Waals surface area (Å²) >= 11 is 6.37. The molecule has 2 N–H and O–H groups in total. The molecule has 1 amide bonds. The van der Waals surface area contributed by atoms with Gasteiger partial charge in [0.2, 0.25) is 11.8 Å². The number of hydrogen-bond donors (Lipinski definition) is 2. The fraction of sp³-hybridized carbons (Fsp3) is 0.517. The van der Waals surface area contributed by atoms with Crippen molar-refractivity contribution in [1.82, 2.24) is 40.1 Å². The van der Waals surface area contributed by atoms with Crippen LogP contribution in [0.1, 0.15) is 46.5 Å². The summed E-state index contributed by atoms with van der Waals surface area (Å²) < 4.78 is 32.9. The summed E-state index contributed by atoms with van der Waals surface area (Å²) in [6.45, 7) is 7.59. The number of amides is 1. The Hall–Kier alpha value is -3.91. The minimum absolute atomic E-state index is 0.163. The van der Waals surface area contributed by atoms with Crippen molar-refractivity contribution >= 4 is 34.5 Å². The Morgan fingerprint density at radius 2 is 1.84 bits per heavy atom. The number of alkyl halides is 2. The molecule has 4 aromatic rings. The highest BCUT2D eigenvalue weighted by Gasteiger charge is 2.36. The number of hydrazine groups is 1. The van der Waals surface area contributed by atoms with Gasteiger partial charge in [-0.05, 0) is 50.7 Å². The van der Waals surface area contributed by atoms with Gasteiger partial charge in [0.15, 0.2) is 0 Å². The third-order valence-electron chi connectivity index (χ3n) is 8.56. The van der Waals surface area contributed by atoms with Crippen LogP contribution in [-0.4, -0.2) is 72.2 Å². The lowest BCUT2D eigenvalue weighted by Crippen LogP contribution is -2.62. The third-order valence-corrected chi connectivity index (χ3v) is 8.76. The molecule has 0 bridgehead atoms. The van der Waals surface area contributed by atoms with Gasteiger partial charge in [0.1, 0.15) is 5.69 Å². The molecule has 234 valence electrons. The molecule has 12 nitrogen and oxygen atoms in total. The lowest BCUT2D eigenvalue weighted by molar-refractivity contribution is -0.137. The summed E-state index contributed by atoms with van der Waals surface area (Å²) in [5, 5.41) is 5.83. The standard InChI is InChI=1S/C29H34ClF2N9O3/c1-15-4-6-18(7-5-15)14-40-24-21(35-28(40)41-16(2)12-39(13-17(41)3)37-27(42)25(31)32)9-22(26-36-29(43)44-38-26)34-23(24)19-8-20(30)11-33-10-19/h8-11,15-18,25H,4-7,12-14H2,1-3H3,(H,37,42)(H,36,38,43)/t15?,16-,17-,18?/m1/s1. The number of nitrogens with one attached hydrogen (secondary N) is 2. The van der Waals surface area contributed by atoms with Crippen molar-refractivity contribution in [3.8, 4) is 22.8 Å². The van der Waals surface area contributed by atoms with Gasteiger partial charge in [-0.15, -0.1) is 0 Å². The van der Waals surface area contributed by atoms with Crippen LogP contribution in [0.25, 0.3) is 33.8 Å². The van der Waals surface area contributed by atoms with Crippen molar-refractivity contribution in [2.45, 2.75) is 71.5 Å². The zero-order valence-electron chi connectivity index (χ0n) is 24.6. The molecule has 1 saturated carbocycles. The zero-order valence-corrected chi connectivity index (χ0v) is 25.4. The van der Waals surface area contributed by atoms with Gasteiger partial charge in [-0.25, -0.2) is 19.8 Å². The highest BCUT2D eigenvalue weighted by molar-refractivity contribution is 6.30. The fourth-order valence-corrected chi connectivity index (χ4v) is 6.68. The Bertz CT molecular complexity index is 1700. The fourth-order valence-electron chi connectivity index (χ4n) is 6.50. The Balaban J connectivity index is 1.50. The first-order valence-corrected chi connectivity index (χ1v) is 15.2. The number of hydrogen-bond acceptors (Lipinski definition) is 9. The Labute approximate surface area is 256 Å². The smallest absolute Gasteiger partial charge is 0.334 e. The van der Waals surface area contributed by atoms with Crippen LogP contribution in [0.2, 0.25) is 5.02 Å². The van der Waals surface area contributed by atoms with Crippen molar-refractivity contribution in [3.05, 3.63) is 40.1 Å². The Morgan fingerprint density at radius 3 is 2.48 bits per heavy atom. The number of carbonyl (C=O) groups excluding carboxylic acids is 1. The first-order valence-electron chi connectivity index (χ1n) is 14.8. The van der Waals surface area contributed by atoms with E-state index in [1.165, 1.54) is 0 Å². The molecular weight excluding hydrogens is 596 g/mol. The van der Waals surface area contributed by atoms with Crippen molar-refractivity contribution in [2.75, 3.05) is 18.0 Å². The van der Waals surface area contributed by atoms with Crippen molar-refractivity contribution in [3.63, 3.8) is 0 Å². The molecule has 0 spiro atoms. The van der Waals surface area contributed by atoms with E-state index in [-0.39, 0.29) is 17.9 Å². The van der Waals surface area contributed by atoms with E-state index in [2.05, 4.69) is 36.9 Å². The van der Waals surface area contributed by atoms with Gasteiger partial charge in [0.25, 0.3) is 0 Å². The summed E-state index contributed by atoms with van der Waals surface area (Å²) in [4.78, 5) is 42.7. The monoisotopic (exact) mass is 629 g/mol. The van der Waals surface area contributed by atoms with E-state index in [4.69, 9.17) is 26.1 Å². The minimum atomic E-state index is -3.10. The highest BCUT2D eigenvalue weighted by atomic mass is 35.5. The summed E-state index contributed by atoms with van der Waals surface area (Å²) in [7, 11) is 0. The van der Waals surface area contributed by atoms with E-state index in [1.54, 1.807) is 29.5 Å². The van der Waals surface area contributed by atoms with Crippen LogP contribution in [0, 0.1) is 11.8 Å². The average Bonchev–Trinajstić information content (AvgIpc) is 3.57. The second-order valence-electron chi connectivity index (χ2n) is 12.0. The van der Waals surface area contributed by atoms with Crippen molar-refractivity contribution < 1.29 is 18.1 Å². The van der Waals surface area contributed by atoms with Gasteiger partial charge < -0.3 is 9.47 Å². The second-order valence-corrected chi connectivity index (χ2v) is 12.4. The topological polar surface area (TPSA) is 138 Å². The number of nitrogens with zero attached hydrogens (tertiary/aromatic N) is 7. The first kappa shape index (κ1) is 30.1. The molecule has 6 rings (SSSR count). The van der Waals surface area contributed by atoms with Crippen LogP contribution >= 0.6 is 11.6 Å². The van der Waals surface area contributed by atoms with Crippen LogP contribution in [0.4, 0.5) is 14.7 Å². The maximum Gasteiger partial charge on any atom is 0.439 e. The molecule has 0 radical (unpaired) electrons. The molecule has 0 unspecified atom stereocenters. The van der Waals surface area contributed by atoms with Crippen LogP contribution in [0.5, 0.6) is 0 Å². The number of rotatable bonds is 7. The predicted molar refractivity (Wildman–Crippen MR) is 160 cm³/mol. The van der Waals surface area contributed by atoms with Gasteiger partial charge in [0, 0.05) is 49.7 Å². The van der Waals surface area contributed by atoms with Crippen LogP contribution in [0.15, 0.2) is 33.8 Å². The van der Waals surface area contributed by atoms with E-state index in [0.29, 0.717) is 64.9 Å². The van der Waals surface area contributed by atoms with Gasteiger partial charge in [-0.2, -0.15) is 8.78 Å². The molecular formula is C29H34ClF2N9O3. The number of aromatic nitrogens is 6. The number of pyridine rings is 2. The van der Waals surface area contributed by atoms with Crippen LogP contribution < -0.4 is 16.1 Å². The van der Waals surface area contributed by atoms with Gasteiger partial charge in [0.05, 0.1) is 21.7 Å². The van der Waals surface area contributed by atoms with E-state index in [0.717, 1.165) is 31.2 Å². The van der Waals surface area contributed by atoms with Crippen molar-refractivity contribution in [1.29, 1.82) is 0 Å². The molecule has 2 atom stereocenters. The largest absolute Gasteiger partial charge is 0.439 e. The maximum atomic E-state index is 13.0. The number of anilines is 1. The summed E-state index contributed by atoms with van der Waals surface area (Å²) in [6, 6.07) is 3.17. The second kappa shape index (κ2) is 12.2. The molecule has 2 fully saturated rings. The molecule has 44 heavy (non-hydrogen) atoms. The van der Waals surface area contributed by atoms with Gasteiger partial charge in [-0.1, -0.05) is 36.5 Å². The molecule has 1 saturated heterocycles. The zero-order chi connectivity index (χ0) is 31.1. The summed E-state index contributed by atoms with van der Waals surface area (Å²) in [5.74, 6) is -0.0517. The number of carbonyl (C=O) groups is 1. The number of imidazole rings is 1. The molecule has 15 heteroatoms. The van der Waals surface area contributed by atoms with Gasteiger partial charge >= 0.3 is 18.1 Å². The number of H-pyrrole nitrogens is 1. The lowest BCUT2D eigenvalue weighted by atomic mass is 9.83. The maximum absolute atomic E-state index is 13.0. The molecule has 0 aromatic carbocycles. The Morgan fingerprint density at radius 1 is 1.11 bits per heavy atom.